The van der Waals surface area contributed by atoms with Crippen molar-refractivity contribution in [3.8, 4) is 5.75 Å². The molecule has 0 spiro atoms. The Balaban J connectivity index is 1.50. The lowest BCUT2D eigenvalue weighted by Gasteiger charge is -2.18. The Morgan fingerprint density at radius 3 is 2.72 bits per heavy atom. The molecule has 158 valence electrons. The molecule has 1 aliphatic carbocycles. The largest absolute Gasteiger partial charge is 0.493 e. The Morgan fingerprint density at radius 2 is 1.93 bits per heavy atom. The Morgan fingerprint density at radius 1 is 1.14 bits per heavy atom. The maximum absolute atomic E-state index is 6.17. The van der Waals surface area contributed by atoms with Gasteiger partial charge in [-0.05, 0) is 88.2 Å². The van der Waals surface area contributed by atoms with Gasteiger partial charge in [0.2, 0.25) is 0 Å². The number of hydrogen-bond acceptors (Lipinski definition) is 5. The van der Waals surface area contributed by atoms with E-state index in [-0.39, 0.29) is 6.10 Å². The van der Waals surface area contributed by atoms with Crippen molar-refractivity contribution in [3.63, 3.8) is 0 Å². The fourth-order valence-electron chi connectivity index (χ4n) is 4.60. The van der Waals surface area contributed by atoms with Gasteiger partial charge in [-0.15, -0.1) is 0 Å². The molecule has 1 N–H and O–H groups in total. The maximum atomic E-state index is 6.17. The van der Waals surface area contributed by atoms with E-state index in [2.05, 4.69) is 36.2 Å². The van der Waals surface area contributed by atoms with E-state index < -0.39 is 0 Å². The van der Waals surface area contributed by atoms with Crippen molar-refractivity contribution < 1.29 is 9.47 Å². The molecule has 1 saturated heterocycles. The van der Waals surface area contributed by atoms with Crippen LogP contribution in [0.2, 0.25) is 0 Å². The van der Waals surface area contributed by atoms with E-state index in [0.29, 0.717) is 0 Å². The minimum atomic E-state index is 0.164. The molecule has 0 amide bonds. The topological polar surface area (TPSA) is 46.6 Å². The molecule has 5 heteroatoms. The van der Waals surface area contributed by atoms with Gasteiger partial charge in [0.15, 0.2) is 0 Å². The summed E-state index contributed by atoms with van der Waals surface area (Å²) in [4.78, 5) is 7.53. The van der Waals surface area contributed by atoms with Crippen LogP contribution in [0.5, 0.6) is 5.75 Å². The second-order valence-electron chi connectivity index (χ2n) is 8.58. The van der Waals surface area contributed by atoms with Gasteiger partial charge in [-0.25, -0.2) is 4.98 Å². The fourth-order valence-corrected chi connectivity index (χ4v) is 4.60. The standard InChI is InChI=1S/C24H35N3O2/c1-17-14-21-19-8-6-9-20(19)24(25-16-18(2)28-3)26-22(21)15-23(17)29-13-7-12-27-10-4-5-11-27/h14-15,18H,4-13,16H2,1-3H3,(H,25,26). The van der Waals surface area contributed by atoms with Crippen LogP contribution in [0.1, 0.15) is 49.3 Å². The summed E-state index contributed by atoms with van der Waals surface area (Å²) >= 11 is 0. The Bertz CT molecular complexity index is 846. The Kier molecular flexibility index (Phi) is 6.56. The van der Waals surface area contributed by atoms with E-state index >= 15 is 0 Å². The smallest absolute Gasteiger partial charge is 0.130 e. The minimum absolute atomic E-state index is 0.164. The molecule has 1 fully saturated rings. The first kappa shape index (κ1) is 20.4. The Hall–Kier alpha value is -1.85. The lowest BCUT2D eigenvalue weighted by Crippen LogP contribution is -2.22. The SMILES string of the molecule is COC(C)CNc1nc2cc(OCCCN3CCCC3)c(C)cc2c2c1CCC2. The monoisotopic (exact) mass is 397 g/mol. The predicted octanol–water partition coefficient (Wildman–Crippen LogP) is 4.34. The molecular weight excluding hydrogens is 362 g/mol. The molecule has 1 aromatic heterocycles. The first-order valence-corrected chi connectivity index (χ1v) is 11.2. The summed E-state index contributed by atoms with van der Waals surface area (Å²) in [6.07, 6.45) is 7.39. The van der Waals surface area contributed by atoms with E-state index in [1.807, 2.05) is 0 Å². The van der Waals surface area contributed by atoms with Crippen molar-refractivity contribution in [1.82, 2.24) is 9.88 Å². The van der Waals surface area contributed by atoms with Crippen molar-refractivity contribution in [3.05, 3.63) is 28.8 Å². The number of likely N-dealkylation sites (tertiary alicyclic amines) is 1. The molecule has 2 aliphatic rings. The quantitative estimate of drug-likeness (QED) is 0.638. The second-order valence-corrected chi connectivity index (χ2v) is 8.58. The maximum Gasteiger partial charge on any atom is 0.130 e. The van der Waals surface area contributed by atoms with Crippen LogP contribution in [0.25, 0.3) is 10.9 Å². The number of ether oxygens (including phenoxy) is 2. The predicted molar refractivity (Wildman–Crippen MR) is 119 cm³/mol. The van der Waals surface area contributed by atoms with Crippen LogP contribution in [0.15, 0.2) is 12.1 Å². The zero-order valence-corrected chi connectivity index (χ0v) is 18.2. The lowest BCUT2D eigenvalue weighted by atomic mass is 10.0. The average molecular weight is 398 g/mol. The van der Waals surface area contributed by atoms with Crippen LogP contribution in [-0.4, -0.2) is 55.9 Å². The van der Waals surface area contributed by atoms with Gasteiger partial charge >= 0.3 is 0 Å². The van der Waals surface area contributed by atoms with Crippen LogP contribution in [0.4, 0.5) is 5.82 Å². The van der Waals surface area contributed by atoms with Gasteiger partial charge < -0.3 is 19.7 Å². The van der Waals surface area contributed by atoms with Crippen LogP contribution < -0.4 is 10.1 Å². The van der Waals surface area contributed by atoms with Gasteiger partial charge in [0.1, 0.15) is 11.6 Å². The van der Waals surface area contributed by atoms with Crippen LogP contribution >= 0.6 is 0 Å². The van der Waals surface area contributed by atoms with Gasteiger partial charge in [0, 0.05) is 31.7 Å². The molecule has 1 unspecified atom stereocenters. The number of aromatic nitrogens is 1. The molecule has 0 radical (unpaired) electrons. The molecular formula is C24H35N3O2. The number of methoxy groups -OCH3 is 1. The third-order valence-corrected chi connectivity index (χ3v) is 6.39. The molecule has 2 heterocycles. The van der Waals surface area contributed by atoms with Crippen LogP contribution in [0.3, 0.4) is 0 Å². The highest BCUT2D eigenvalue weighted by Crippen LogP contribution is 2.36. The van der Waals surface area contributed by atoms with Gasteiger partial charge in [-0.1, -0.05) is 0 Å². The molecule has 2 aromatic rings. The molecule has 0 saturated carbocycles. The van der Waals surface area contributed by atoms with Crippen molar-refractivity contribution in [2.24, 2.45) is 0 Å². The van der Waals surface area contributed by atoms with Crippen molar-refractivity contribution >= 4 is 16.7 Å². The number of hydrogen-bond donors (Lipinski definition) is 1. The highest BCUT2D eigenvalue weighted by molar-refractivity contribution is 5.88. The van der Waals surface area contributed by atoms with Crippen LogP contribution in [0, 0.1) is 6.92 Å². The zero-order valence-electron chi connectivity index (χ0n) is 18.2. The number of nitrogens with one attached hydrogen (secondary N) is 1. The van der Waals surface area contributed by atoms with Gasteiger partial charge in [0.05, 0.1) is 18.2 Å². The summed E-state index contributed by atoms with van der Waals surface area (Å²) in [5.74, 6) is 2.00. The van der Waals surface area contributed by atoms with Crippen LogP contribution in [-0.2, 0) is 17.6 Å². The Labute approximate surface area is 174 Å². The first-order chi connectivity index (χ1) is 14.2. The van der Waals surface area contributed by atoms with E-state index in [1.54, 1.807) is 7.11 Å². The number of fused-ring (bicyclic) bond motifs is 3. The first-order valence-electron chi connectivity index (χ1n) is 11.2. The van der Waals surface area contributed by atoms with E-state index in [1.165, 1.54) is 54.4 Å². The molecule has 4 rings (SSSR count). The summed E-state index contributed by atoms with van der Waals surface area (Å²) < 4.78 is 11.6. The molecule has 1 atom stereocenters. The third kappa shape index (κ3) is 4.67. The second kappa shape index (κ2) is 9.31. The number of benzene rings is 1. The third-order valence-electron chi connectivity index (χ3n) is 6.39. The zero-order chi connectivity index (χ0) is 20.2. The highest BCUT2D eigenvalue weighted by atomic mass is 16.5. The number of aryl methyl sites for hydroxylation is 2. The van der Waals surface area contributed by atoms with Gasteiger partial charge in [0.25, 0.3) is 0 Å². The number of rotatable bonds is 9. The lowest BCUT2D eigenvalue weighted by molar-refractivity contribution is 0.128. The molecule has 1 aromatic carbocycles. The summed E-state index contributed by atoms with van der Waals surface area (Å²) in [5.41, 5.74) is 5.10. The fraction of sp³-hybridized carbons (Fsp3) is 0.625. The summed E-state index contributed by atoms with van der Waals surface area (Å²) in [6, 6.07) is 4.42. The van der Waals surface area contributed by atoms with E-state index in [9.17, 15) is 0 Å². The molecule has 5 nitrogen and oxygen atoms in total. The summed E-state index contributed by atoms with van der Waals surface area (Å²) in [7, 11) is 1.75. The van der Waals surface area contributed by atoms with Crippen molar-refractivity contribution in [2.75, 3.05) is 45.2 Å². The number of nitrogens with zero attached hydrogens (tertiary/aromatic N) is 2. The van der Waals surface area contributed by atoms with E-state index in [4.69, 9.17) is 14.5 Å². The molecule has 0 bridgehead atoms. The summed E-state index contributed by atoms with van der Waals surface area (Å²) in [5, 5.41) is 4.82. The van der Waals surface area contributed by atoms with Gasteiger partial charge in [-0.2, -0.15) is 0 Å². The van der Waals surface area contributed by atoms with E-state index in [0.717, 1.165) is 56.0 Å². The minimum Gasteiger partial charge on any atom is -0.493 e. The van der Waals surface area contributed by atoms with Crippen molar-refractivity contribution in [2.45, 2.75) is 58.5 Å². The molecule has 29 heavy (non-hydrogen) atoms. The summed E-state index contributed by atoms with van der Waals surface area (Å²) in [6.45, 7) is 9.42. The molecule has 1 aliphatic heterocycles. The van der Waals surface area contributed by atoms with Crippen molar-refractivity contribution in [1.29, 1.82) is 0 Å². The number of anilines is 1. The number of pyridine rings is 1. The van der Waals surface area contributed by atoms with Gasteiger partial charge in [-0.3, -0.25) is 0 Å². The normalized spacial score (nSPS) is 17.6. The highest BCUT2D eigenvalue weighted by Gasteiger charge is 2.21. The average Bonchev–Trinajstić information content (AvgIpc) is 3.42.